The van der Waals surface area contributed by atoms with Gasteiger partial charge in [0.1, 0.15) is 11.9 Å². The van der Waals surface area contributed by atoms with Crippen LogP contribution >= 0.6 is 0 Å². The van der Waals surface area contributed by atoms with Crippen LogP contribution in [0.5, 0.6) is 5.75 Å². The highest BCUT2D eigenvalue weighted by atomic mass is 16.5. The molecule has 0 bridgehead atoms. The first kappa shape index (κ1) is 13.9. The van der Waals surface area contributed by atoms with Crippen LogP contribution in [0.2, 0.25) is 0 Å². The first-order valence-corrected chi connectivity index (χ1v) is 7.11. The van der Waals surface area contributed by atoms with Crippen LogP contribution in [0.1, 0.15) is 20.8 Å². The highest BCUT2D eigenvalue weighted by Gasteiger charge is 2.10. The third-order valence-electron chi connectivity index (χ3n) is 3.49. The first-order valence-electron chi connectivity index (χ1n) is 7.11. The van der Waals surface area contributed by atoms with Gasteiger partial charge in [0.25, 0.3) is 0 Å². The number of likely N-dealkylation sites (N-methyl/N-ethyl adjacent to an activating group) is 1. The van der Waals surface area contributed by atoms with Crippen LogP contribution in [0.25, 0.3) is 10.8 Å². The van der Waals surface area contributed by atoms with E-state index in [0.29, 0.717) is 0 Å². The summed E-state index contributed by atoms with van der Waals surface area (Å²) < 4.78 is 6.12. The Labute approximate surface area is 116 Å². The summed E-state index contributed by atoms with van der Waals surface area (Å²) in [6, 6.07) is 14.6. The summed E-state index contributed by atoms with van der Waals surface area (Å²) in [5, 5.41) is 2.42. The highest BCUT2D eigenvalue weighted by Crippen LogP contribution is 2.26. The topological polar surface area (TPSA) is 12.5 Å². The van der Waals surface area contributed by atoms with Crippen molar-refractivity contribution in [2.75, 3.05) is 19.6 Å². The molecule has 0 heterocycles. The van der Waals surface area contributed by atoms with Gasteiger partial charge in [0.05, 0.1) is 0 Å². The number of fused-ring (bicyclic) bond motifs is 1. The van der Waals surface area contributed by atoms with Crippen molar-refractivity contribution in [1.82, 2.24) is 4.90 Å². The largest absolute Gasteiger partial charge is 0.489 e. The molecule has 2 rings (SSSR count). The molecule has 19 heavy (non-hydrogen) atoms. The molecule has 1 atom stereocenters. The summed E-state index contributed by atoms with van der Waals surface area (Å²) in [4.78, 5) is 2.38. The number of ether oxygens (including phenoxy) is 1. The van der Waals surface area contributed by atoms with E-state index < -0.39 is 0 Å². The minimum absolute atomic E-state index is 0.200. The third kappa shape index (κ3) is 3.48. The zero-order valence-electron chi connectivity index (χ0n) is 12.1. The second kappa shape index (κ2) is 6.58. The maximum Gasteiger partial charge on any atom is 0.127 e. The van der Waals surface area contributed by atoms with Crippen LogP contribution in [0.3, 0.4) is 0 Å². The van der Waals surface area contributed by atoms with Crippen molar-refractivity contribution in [1.29, 1.82) is 0 Å². The Balaban J connectivity index is 2.12. The van der Waals surface area contributed by atoms with E-state index in [9.17, 15) is 0 Å². The van der Waals surface area contributed by atoms with E-state index in [2.05, 4.69) is 68.1 Å². The maximum atomic E-state index is 6.12. The van der Waals surface area contributed by atoms with Gasteiger partial charge in [-0.15, -0.1) is 0 Å². The molecule has 102 valence electrons. The molecule has 0 aliphatic heterocycles. The minimum atomic E-state index is 0.200. The minimum Gasteiger partial charge on any atom is -0.489 e. The van der Waals surface area contributed by atoms with E-state index in [1.54, 1.807) is 0 Å². The summed E-state index contributed by atoms with van der Waals surface area (Å²) in [7, 11) is 0. The van der Waals surface area contributed by atoms with Gasteiger partial charge >= 0.3 is 0 Å². The van der Waals surface area contributed by atoms with Crippen molar-refractivity contribution in [2.24, 2.45) is 0 Å². The number of nitrogens with zero attached hydrogens (tertiary/aromatic N) is 1. The molecule has 0 aromatic heterocycles. The second-order valence-electron chi connectivity index (χ2n) is 4.89. The van der Waals surface area contributed by atoms with Crippen LogP contribution in [-0.2, 0) is 0 Å². The molecule has 0 spiro atoms. The van der Waals surface area contributed by atoms with Crippen LogP contribution < -0.4 is 4.74 Å². The van der Waals surface area contributed by atoms with E-state index in [-0.39, 0.29) is 6.10 Å². The highest BCUT2D eigenvalue weighted by molar-refractivity contribution is 5.88. The average Bonchev–Trinajstić information content (AvgIpc) is 2.45. The predicted octanol–water partition coefficient (Wildman–Crippen LogP) is 3.95. The summed E-state index contributed by atoms with van der Waals surface area (Å²) in [5.41, 5.74) is 0. The van der Waals surface area contributed by atoms with Crippen LogP contribution in [0, 0.1) is 0 Å². The molecular weight excluding hydrogens is 234 g/mol. The Morgan fingerprint density at radius 3 is 2.42 bits per heavy atom. The Bertz CT molecular complexity index is 514. The molecule has 2 heteroatoms. The van der Waals surface area contributed by atoms with Crippen molar-refractivity contribution >= 4 is 10.8 Å². The standard InChI is InChI=1S/C17H23NO/c1-4-18(5-2)13-14(3)19-17-12-8-10-15-9-6-7-11-16(15)17/h6-12,14H,4-5,13H2,1-3H3. The van der Waals surface area contributed by atoms with Crippen LogP contribution in [0.4, 0.5) is 0 Å². The van der Waals surface area contributed by atoms with Crippen molar-refractivity contribution in [3.05, 3.63) is 42.5 Å². The summed E-state index contributed by atoms with van der Waals surface area (Å²) in [6.07, 6.45) is 0.200. The fourth-order valence-corrected chi connectivity index (χ4v) is 2.40. The monoisotopic (exact) mass is 257 g/mol. The average molecular weight is 257 g/mol. The maximum absolute atomic E-state index is 6.12. The zero-order chi connectivity index (χ0) is 13.7. The third-order valence-corrected chi connectivity index (χ3v) is 3.49. The van der Waals surface area contributed by atoms with Gasteiger partial charge in [-0.05, 0) is 31.5 Å². The molecule has 0 fully saturated rings. The first-order chi connectivity index (χ1) is 9.24. The van der Waals surface area contributed by atoms with Gasteiger partial charge in [-0.3, -0.25) is 0 Å². The Hall–Kier alpha value is -1.54. The smallest absolute Gasteiger partial charge is 0.127 e. The molecule has 1 unspecified atom stereocenters. The SMILES string of the molecule is CCN(CC)CC(C)Oc1cccc2ccccc12. The zero-order valence-corrected chi connectivity index (χ0v) is 12.1. The van der Waals surface area contributed by atoms with E-state index >= 15 is 0 Å². The number of rotatable bonds is 6. The predicted molar refractivity (Wildman–Crippen MR) is 81.8 cm³/mol. The second-order valence-corrected chi connectivity index (χ2v) is 4.89. The van der Waals surface area contributed by atoms with Crippen LogP contribution in [0.15, 0.2) is 42.5 Å². The van der Waals surface area contributed by atoms with Gasteiger partial charge in [0, 0.05) is 11.9 Å². The fourth-order valence-electron chi connectivity index (χ4n) is 2.40. The van der Waals surface area contributed by atoms with Gasteiger partial charge in [-0.2, -0.15) is 0 Å². The van der Waals surface area contributed by atoms with Crippen molar-refractivity contribution in [3.8, 4) is 5.75 Å². The quantitative estimate of drug-likeness (QED) is 0.777. The van der Waals surface area contributed by atoms with Crippen molar-refractivity contribution in [2.45, 2.75) is 26.9 Å². The number of benzene rings is 2. The van der Waals surface area contributed by atoms with E-state index in [1.165, 1.54) is 10.8 Å². The van der Waals surface area contributed by atoms with Gasteiger partial charge in [0.15, 0.2) is 0 Å². The lowest BCUT2D eigenvalue weighted by Crippen LogP contribution is -2.33. The van der Waals surface area contributed by atoms with Gasteiger partial charge in [0.2, 0.25) is 0 Å². The lowest BCUT2D eigenvalue weighted by molar-refractivity contribution is 0.154. The van der Waals surface area contributed by atoms with Crippen LogP contribution in [-0.4, -0.2) is 30.6 Å². The molecule has 2 aromatic rings. The van der Waals surface area contributed by atoms with Gasteiger partial charge in [-0.25, -0.2) is 0 Å². The van der Waals surface area contributed by atoms with Crippen molar-refractivity contribution in [3.63, 3.8) is 0 Å². The molecule has 0 N–H and O–H groups in total. The van der Waals surface area contributed by atoms with E-state index in [4.69, 9.17) is 4.74 Å². The molecular formula is C17H23NO. The summed E-state index contributed by atoms with van der Waals surface area (Å²) in [5.74, 6) is 0.984. The molecule has 0 saturated carbocycles. The molecule has 0 aliphatic carbocycles. The molecule has 0 saturated heterocycles. The lowest BCUT2D eigenvalue weighted by Gasteiger charge is -2.24. The van der Waals surface area contributed by atoms with Gasteiger partial charge in [-0.1, -0.05) is 50.2 Å². The van der Waals surface area contributed by atoms with E-state index in [1.807, 2.05) is 0 Å². The molecule has 2 nitrogen and oxygen atoms in total. The Kier molecular flexibility index (Phi) is 4.80. The molecule has 0 aliphatic rings. The summed E-state index contributed by atoms with van der Waals surface area (Å²) in [6.45, 7) is 9.62. The lowest BCUT2D eigenvalue weighted by atomic mass is 10.1. The van der Waals surface area contributed by atoms with Crippen molar-refractivity contribution < 1.29 is 4.74 Å². The number of hydrogen-bond donors (Lipinski definition) is 0. The van der Waals surface area contributed by atoms with E-state index in [0.717, 1.165) is 25.4 Å². The summed E-state index contributed by atoms with van der Waals surface area (Å²) >= 11 is 0. The Morgan fingerprint density at radius 2 is 1.68 bits per heavy atom. The molecule has 0 radical (unpaired) electrons. The normalized spacial score (nSPS) is 12.8. The molecule has 2 aromatic carbocycles. The molecule has 0 amide bonds. The Morgan fingerprint density at radius 1 is 1.00 bits per heavy atom. The van der Waals surface area contributed by atoms with Gasteiger partial charge < -0.3 is 9.64 Å². The fraction of sp³-hybridized carbons (Fsp3) is 0.412. The number of hydrogen-bond acceptors (Lipinski definition) is 2.